The number of anilines is 2. The molecule has 2 heterocycles. The molecule has 4 rings (SSSR count). The molecule has 0 aromatic heterocycles. The van der Waals surface area contributed by atoms with Gasteiger partial charge in [0.05, 0.1) is 10.0 Å². The van der Waals surface area contributed by atoms with E-state index in [9.17, 15) is 0 Å². The Morgan fingerprint density at radius 1 is 0.957 bits per heavy atom. The molecule has 2 aromatic carbocycles. The number of fused-ring (bicyclic) bond motifs is 2. The minimum absolute atomic E-state index is 0.279. The Morgan fingerprint density at radius 2 is 1.74 bits per heavy atom. The van der Waals surface area contributed by atoms with Gasteiger partial charge in [0.15, 0.2) is 11.5 Å². The highest BCUT2D eigenvalue weighted by atomic mass is 35.5. The van der Waals surface area contributed by atoms with E-state index in [-0.39, 0.29) is 6.79 Å². The molecule has 4 nitrogen and oxygen atoms in total. The molecule has 6 heteroatoms. The Labute approximate surface area is 145 Å². The third-order valence-electron chi connectivity index (χ3n) is 4.23. The maximum atomic E-state index is 6.21. The lowest BCUT2D eigenvalue weighted by atomic mass is 10.1. The number of likely N-dealkylation sites (N-methyl/N-ethyl adjacent to an activating group) is 1. The molecule has 2 aliphatic heterocycles. The largest absolute Gasteiger partial charge is 0.454 e. The highest BCUT2D eigenvalue weighted by molar-refractivity contribution is 6.42. The fourth-order valence-electron chi connectivity index (χ4n) is 3.03. The van der Waals surface area contributed by atoms with Crippen LogP contribution in [0.5, 0.6) is 11.5 Å². The van der Waals surface area contributed by atoms with E-state index in [1.165, 1.54) is 5.56 Å². The molecule has 0 bridgehead atoms. The van der Waals surface area contributed by atoms with Crippen LogP contribution in [0.4, 0.5) is 11.4 Å². The normalized spacial score (nSPS) is 17.1. The molecule has 0 saturated heterocycles. The van der Waals surface area contributed by atoms with E-state index in [2.05, 4.69) is 29.0 Å². The van der Waals surface area contributed by atoms with Gasteiger partial charge < -0.3 is 19.3 Å². The second-order valence-corrected chi connectivity index (χ2v) is 6.64. The molecule has 0 radical (unpaired) electrons. The van der Waals surface area contributed by atoms with Crippen molar-refractivity contribution in [3.8, 4) is 11.5 Å². The molecule has 0 spiro atoms. The van der Waals surface area contributed by atoms with Crippen molar-refractivity contribution < 1.29 is 9.47 Å². The number of nitrogens with zero attached hydrogens (tertiary/aromatic N) is 2. The van der Waals surface area contributed by atoms with Crippen LogP contribution in [0, 0.1) is 0 Å². The van der Waals surface area contributed by atoms with Crippen LogP contribution in [0.1, 0.15) is 5.56 Å². The van der Waals surface area contributed by atoms with Gasteiger partial charge in [0.1, 0.15) is 0 Å². The second-order valence-electron chi connectivity index (χ2n) is 5.82. The number of hydrogen-bond donors (Lipinski definition) is 0. The highest BCUT2D eigenvalue weighted by Gasteiger charge is 2.24. The first-order chi connectivity index (χ1) is 11.1. The van der Waals surface area contributed by atoms with Crippen LogP contribution in [-0.2, 0) is 6.54 Å². The van der Waals surface area contributed by atoms with Gasteiger partial charge >= 0.3 is 0 Å². The Hall–Kier alpha value is -1.62. The molecule has 0 fully saturated rings. The molecule has 2 aromatic rings. The van der Waals surface area contributed by atoms with Crippen molar-refractivity contribution in [1.82, 2.24) is 4.90 Å². The predicted octanol–water partition coefficient (Wildman–Crippen LogP) is 4.31. The minimum atomic E-state index is 0.279. The Bertz CT molecular complexity index is 766. The summed E-state index contributed by atoms with van der Waals surface area (Å²) in [5, 5.41) is 1.12. The third kappa shape index (κ3) is 2.71. The molecule has 23 heavy (non-hydrogen) atoms. The van der Waals surface area contributed by atoms with Gasteiger partial charge in [-0.15, -0.1) is 0 Å². The molecular formula is C17H16Cl2N2O2. The molecular weight excluding hydrogens is 335 g/mol. The molecule has 0 N–H and O–H groups in total. The number of ether oxygens (including phenoxy) is 2. The molecule has 2 aliphatic rings. The van der Waals surface area contributed by atoms with Gasteiger partial charge in [-0.3, -0.25) is 0 Å². The van der Waals surface area contributed by atoms with E-state index < -0.39 is 0 Å². The number of hydrogen-bond acceptors (Lipinski definition) is 4. The van der Waals surface area contributed by atoms with Crippen LogP contribution in [0.3, 0.4) is 0 Å². The Kier molecular flexibility index (Phi) is 3.76. The van der Waals surface area contributed by atoms with E-state index in [1.54, 1.807) is 0 Å². The van der Waals surface area contributed by atoms with Crippen molar-refractivity contribution in [3.05, 3.63) is 45.9 Å². The van der Waals surface area contributed by atoms with E-state index in [1.807, 2.05) is 18.2 Å². The van der Waals surface area contributed by atoms with Crippen molar-refractivity contribution in [2.24, 2.45) is 0 Å². The first-order valence-corrected chi connectivity index (χ1v) is 8.21. The standard InChI is InChI=1S/C17H16Cl2N2O2/c1-20-4-5-21(12-2-3-13(18)14(19)7-12)15-8-17-16(22-10-23-17)6-11(15)9-20/h2-3,6-8H,4-5,9-10H2,1H3. The lowest BCUT2D eigenvalue weighted by Gasteiger charge is -2.25. The zero-order chi connectivity index (χ0) is 16.0. The maximum absolute atomic E-state index is 6.21. The van der Waals surface area contributed by atoms with Crippen LogP contribution in [0.25, 0.3) is 0 Å². The van der Waals surface area contributed by atoms with Crippen LogP contribution < -0.4 is 14.4 Å². The molecule has 0 saturated carbocycles. The van der Waals surface area contributed by atoms with E-state index in [0.29, 0.717) is 10.0 Å². The van der Waals surface area contributed by atoms with E-state index in [4.69, 9.17) is 32.7 Å². The summed E-state index contributed by atoms with van der Waals surface area (Å²) in [6.45, 7) is 2.95. The summed E-state index contributed by atoms with van der Waals surface area (Å²) < 4.78 is 11.1. The Balaban J connectivity index is 1.83. The summed E-state index contributed by atoms with van der Waals surface area (Å²) in [6.07, 6.45) is 0. The van der Waals surface area contributed by atoms with Gasteiger partial charge in [0, 0.05) is 37.1 Å². The van der Waals surface area contributed by atoms with E-state index in [0.717, 1.165) is 42.5 Å². The lowest BCUT2D eigenvalue weighted by molar-refractivity contribution is 0.174. The summed E-state index contributed by atoms with van der Waals surface area (Å²) in [6, 6.07) is 9.86. The van der Waals surface area contributed by atoms with Crippen LogP contribution in [-0.4, -0.2) is 31.8 Å². The quantitative estimate of drug-likeness (QED) is 0.765. The smallest absolute Gasteiger partial charge is 0.231 e. The van der Waals surface area contributed by atoms with Crippen molar-refractivity contribution >= 4 is 34.6 Å². The van der Waals surface area contributed by atoms with Crippen molar-refractivity contribution in [3.63, 3.8) is 0 Å². The number of rotatable bonds is 1. The zero-order valence-corrected chi connectivity index (χ0v) is 14.2. The number of benzene rings is 2. The predicted molar refractivity (Wildman–Crippen MR) is 92.4 cm³/mol. The minimum Gasteiger partial charge on any atom is -0.454 e. The van der Waals surface area contributed by atoms with Gasteiger partial charge in [-0.25, -0.2) is 0 Å². The van der Waals surface area contributed by atoms with Crippen LogP contribution >= 0.6 is 23.2 Å². The van der Waals surface area contributed by atoms with Gasteiger partial charge in [-0.1, -0.05) is 23.2 Å². The summed E-state index contributed by atoms with van der Waals surface area (Å²) in [5.74, 6) is 1.60. The Morgan fingerprint density at radius 3 is 2.52 bits per heavy atom. The summed E-state index contributed by atoms with van der Waals surface area (Å²) in [5.41, 5.74) is 3.35. The molecule has 0 amide bonds. The van der Waals surface area contributed by atoms with Crippen molar-refractivity contribution in [1.29, 1.82) is 0 Å². The molecule has 0 aliphatic carbocycles. The average molecular weight is 351 g/mol. The summed E-state index contributed by atoms with van der Waals surface area (Å²) >= 11 is 12.3. The summed E-state index contributed by atoms with van der Waals surface area (Å²) in [7, 11) is 2.12. The zero-order valence-electron chi connectivity index (χ0n) is 12.7. The van der Waals surface area contributed by atoms with Gasteiger partial charge in [0.2, 0.25) is 6.79 Å². The fourth-order valence-corrected chi connectivity index (χ4v) is 3.33. The average Bonchev–Trinajstić information content (AvgIpc) is 2.91. The van der Waals surface area contributed by atoms with Crippen LogP contribution in [0.2, 0.25) is 10.0 Å². The summed E-state index contributed by atoms with van der Waals surface area (Å²) in [4.78, 5) is 4.54. The molecule has 0 unspecified atom stereocenters. The first kappa shape index (κ1) is 14.9. The highest BCUT2D eigenvalue weighted by Crippen LogP contribution is 2.42. The third-order valence-corrected chi connectivity index (χ3v) is 4.96. The van der Waals surface area contributed by atoms with Crippen molar-refractivity contribution in [2.75, 3.05) is 31.8 Å². The van der Waals surface area contributed by atoms with Gasteiger partial charge in [-0.2, -0.15) is 0 Å². The second kappa shape index (κ2) is 5.78. The monoisotopic (exact) mass is 350 g/mol. The van der Waals surface area contributed by atoms with Gasteiger partial charge in [0.25, 0.3) is 0 Å². The van der Waals surface area contributed by atoms with Crippen LogP contribution in [0.15, 0.2) is 30.3 Å². The first-order valence-electron chi connectivity index (χ1n) is 7.45. The fraction of sp³-hybridized carbons (Fsp3) is 0.294. The topological polar surface area (TPSA) is 24.9 Å². The number of halogens is 2. The van der Waals surface area contributed by atoms with E-state index >= 15 is 0 Å². The molecule has 0 atom stereocenters. The maximum Gasteiger partial charge on any atom is 0.231 e. The SMILES string of the molecule is CN1CCN(c2ccc(Cl)c(Cl)c2)c2cc3c(cc2C1)OCO3. The van der Waals surface area contributed by atoms with Crippen molar-refractivity contribution in [2.45, 2.75) is 6.54 Å². The lowest BCUT2D eigenvalue weighted by Crippen LogP contribution is -2.26. The van der Waals surface area contributed by atoms with Gasteiger partial charge in [-0.05, 0) is 36.9 Å². The molecule has 120 valence electrons.